The van der Waals surface area contributed by atoms with Gasteiger partial charge in [0.2, 0.25) is 5.91 Å². The van der Waals surface area contributed by atoms with Crippen molar-refractivity contribution in [3.8, 4) is 0 Å². The van der Waals surface area contributed by atoms with Crippen LogP contribution in [0.25, 0.3) is 0 Å². The second kappa shape index (κ2) is 8.50. The Morgan fingerprint density at radius 3 is 2.68 bits per heavy atom. The van der Waals surface area contributed by atoms with Crippen molar-refractivity contribution in [2.75, 3.05) is 13.1 Å². The van der Waals surface area contributed by atoms with E-state index in [1.807, 2.05) is 43.3 Å². The average molecular weight is 357 g/mol. The normalized spacial score (nSPS) is 19.4. The minimum Gasteiger partial charge on any atom is -0.349 e. The summed E-state index contributed by atoms with van der Waals surface area (Å²) in [6.45, 7) is 4.65. The first-order chi connectivity index (χ1) is 12.1. The number of hydrogen-bond acceptors (Lipinski definition) is 2. The zero-order chi connectivity index (χ0) is 17.6. The van der Waals surface area contributed by atoms with Gasteiger partial charge in [-0.3, -0.25) is 9.69 Å². The Morgan fingerprint density at radius 2 is 1.92 bits per heavy atom. The summed E-state index contributed by atoms with van der Waals surface area (Å²) in [5.74, 6) is 0.197. The van der Waals surface area contributed by atoms with E-state index in [1.54, 1.807) is 0 Å². The summed E-state index contributed by atoms with van der Waals surface area (Å²) in [6.07, 6.45) is 1.99. The molecule has 25 heavy (non-hydrogen) atoms. The first kappa shape index (κ1) is 18.0. The third-order valence-electron chi connectivity index (χ3n) is 4.89. The van der Waals surface area contributed by atoms with Crippen molar-refractivity contribution in [1.29, 1.82) is 0 Å². The molecule has 1 aliphatic rings. The Balaban J connectivity index is 1.57. The van der Waals surface area contributed by atoms with Crippen molar-refractivity contribution in [3.05, 3.63) is 70.7 Å². The molecule has 0 aliphatic carbocycles. The highest BCUT2D eigenvalue weighted by molar-refractivity contribution is 6.31. The maximum atomic E-state index is 12.7. The summed E-state index contributed by atoms with van der Waals surface area (Å²) in [4.78, 5) is 15.0. The summed E-state index contributed by atoms with van der Waals surface area (Å²) in [5.41, 5.74) is 2.27. The van der Waals surface area contributed by atoms with Crippen molar-refractivity contribution in [2.45, 2.75) is 32.4 Å². The van der Waals surface area contributed by atoms with E-state index < -0.39 is 0 Å². The standard InChI is InChI=1S/C21H25ClN2O/c1-16(17-8-3-2-4-9-17)23-21(25)19-11-7-13-24(15-19)14-18-10-5-6-12-20(18)22/h2-6,8-10,12,16,19H,7,11,13-15H2,1H3,(H,23,25)/t16-,19-/m1/s1. The van der Waals surface area contributed by atoms with Gasteiger partial charge in [-0.25, -0.2) is 0 Å². The van der Waals surface area contributed by atoms with E-state index >= 15 is 0 Å². The molecule has 0 aromatic heterocycles. The Bertz CT molecular complexity index is 704. The molecule has 2 aromatic rings. The minimum atomic E-state index is 0.0349. The largest absolute Gasteiger partial charge is 0.349 e. The molecule has 3 rings (SSSR count). The zero-order valence-electron chi connectivity index (χ0n) is 14.6. The monoisotopic (exact) mass is 356 g/mol. The van der Waals surface area contributed by atoms with Gasteiger partial charge in [-0.05, 0) is 43.5 Å². The first-order valence-electron chi connectivity index (χ1n) is 8.94. The number of carbonyl (C=O) groups is 1. The number of likely N-dealkylation sites (tertiary alicyclic amines) is 1. The topological polar surface area (TPSA) is 32.3 Å². The Morgan fingerprint density at radius 1 is 1.20 bits per heavy atom. The fraction of sp³-hybridized carbons (Fsp3) is 0.381. The highest BCUT2D eigenvalue weighted by atomic mass is 35.5. The lowest BCUT2D eigenvalue weighted by atomic mass is 9.96. The fourth-order valence-corrected chi connectivity index (χ4v) is 3.63. The average Bonchev–Trinajstić information content (AvgIpc) is 2.64. The highest BCUT2D eigenvalue weighted by Crippen LogP contribution is 2.23. The molecular formula is C21H25ClN2O. The number of hydrogen-bond donors (Lipinski definition) is 1. The summed E-state index contributed by atoms with van der Waals surface area (Å²) < 4.78 is 0. The van der Waals surface area contributed by atoms with Crippen LogP contribution < -0.4 is 5.32 Å². The van der Waals surface area contributed by atoms with E-state index in [0.29, 0.717) is 0 Å². The van der Waals surface area contributed by atoms with Crippen LogP contribution in [0.1, 0.15) is 36.9 Å². The molecule has 1 fully saturated rings. The van der Waals surface area contributed by atoms with Crippen LogP contribution in [0.2, 0.25) is 5.02 Å². The minimum absolute atomic E-state index is 0.0349. The molecular weight excluding hydrogens is 332 g/mol. The van der Waals surface area contributed by atoms with E-state index in [1.165, 1.54) is 0 Å². The van der Waals surface area contributed by atoms with Gasteiger partial charge in [0.25, 0.3) is 0 Å². The van der Waals surface area contributed by atoms with Gasteiger partial charge >= 0.3 is 0 Å². The van der Waals surface area contributed by atoms with Crippen LogP contribution in [0.5, 0.6) is 0 Å². The van der Waals surface area contributed by atoms with Crippen molar-refractivity contribution >= 4 is 17.5 Å². The molecule has 1 saturated heterocycles. The summed E-state index contributed by atoms with van der Waals surface area (Å²) in [6, 6.07) is 18.1. The van der Waals surface area contributed by atoms with E-state index in [4.69, 9.17) is 11.6 Å². The predicted octanol–water partition coefficient (Wildman–Crippen LogP) is 4.43. The van der Waals surface area contributed by atoms with Gasteiger partial charge in [-0.1, -0.05) is 60.1 Å². The highest BCUT2D eigenvalue weighted by Gasteiger charge is 2.27. The first-order valence-corrected chi connectivity index (χ1v) is 9.32. The number of nitrogens with zero attached hydrogens (tertiary/aromatic N) is 1. The number of piperidine rings is 1. The number of nitrogens with one attached hydrogen (secondary N) is 1. The van der Waals surface area contributed by atoms with Crippen LogP contribution >= 0.6 is 11.6 Å². The van der Waals surface area contributed by atoms with Gasteiger partial charge in [-0.2, -0.15) is 0 Å². The number of rotatable bonds is 5. The summed E-state index contributed by atoms with van der Waals surface area (Å²) >= 11 is 6.27. The van der Waals surface area contributed by atoms with E-state index in [2.05, 4.69) is 28.4 Å². The second-order valence-electron chi connectivity index (χ2n) is 6.81. The third-order valence-corrected chi connectivity index (χ3v) is 5.26. The van der Waals surface area contributed by atoms with Crippen LogP contribution in [0.4, 0.5) is 0 Å². The predicted molar refractivity (Wildman–Crippen MR) is 102 cm³/mol. The molecule has 1 amide bonds. The number of carbonyl (C=O) groups excluding carboxylic acids is 1. The van der Waals surface area contributed by atoms with Gasteiger partial charge < -0.3 is 5.32 Å². The van der Waals surface area contributed by atoms with Crippen LogP contribution in [-0.4, -0.2) is 23.9 Å². The van der Waals surface area contributed by atoms with E-state index in [0.717, 1.165) is 48.6 Å². The van der Waals surface area contributed by atoms with Gasteiger partial charge in [0.1, 0.15) is 0 Å². The maximum absolute atomic E-state index is 12.7. The summed E-state index contributed by atoms with van der Waals surface area (Å²) in [7, 11) is 0. The molecule has 1 heterocycles. The van der Waals surface area contributed by atoms with Crippen LogP contribution in [-0.2, 0) is 11.3 Å². The van der Waals surface area contributed by atoms with Gasteiger partial charge in [0.15, 0.2) is 0 Å². The Kier molecular flexibility index (Phi) is 6.11. The molecule has 1 aliphatic heterocycles. The van der Waals surface area contributed by atoms with Gasteiger partial charge in [-0.15, -0.1) is 0 Å². The number of benzene rings is 2. The Hall–Kier alpha value is -1.84. The molecule has 0 saturated carbocycles. The van der Waals surface area contributed by atoms with E-state index in [-0.39, 0.29) is 17.9 Å². The smallest absolute Gasteiger partial charge is 0.224 e. The van der Waals surface area contributed by atoms with Crippen molar-refractivity contribution in [2.24, 2.45) is 5.92 Å². The molecule has 132 valence electrons. The molecule has 0 spiro atoms. The lowest BCUT2D eigenvalue weighted by Crippen LogP contribution is -2.43. The molecule has 2 aromatic carbocycles. The SMILES string of the molecule is C[C@@H](NC(=O)[C@@H]1CCCN(Cc2ccccc2Cl)C1)c1ccccc1. The molecule has 4 heteroatoms. The lowest BCUT2D eigenvalue weighted by molar-refractivity contribution is -0.127. The van der Waals surface area contributed by atoms with Crippen molar-refractivity contribution in [3.63, 3.8) is 0 Å². The second-order valence-corrected chi connectivity index (χ2v) is 7.21. The molecule has 1 N–H and O–H groups in total. The zero-order valence-corrected chi connectivity index (χ0v) is 15.4. The third kappa shape index (κ3) is 4.83. The quantitative estimate of drug-likeness (QED) is 0.859. The van der Waals surface area contributed by atoms with Crippen LogP contribution in [0.15, 0.2) is 54.6 Å². The molecule has 0 unspecified atom stereocenters. The summed E-state index contributed by atoms with van der Waals surface area (Å²) in [5, 5.41) is 3.97. The van der Waals surface area contributed by atoms with Gasteiger partial charge in [0.05, 0.1) is 12.0 Å². The molecule has 2 atom stereocenters. The number of halogens is 1. The van der Waals surface area contributed by atoms with Crippen LogP contribution in [0, 0.1) is 5.92 Å². The molecule has 3 nitrogen and oxygen atoms in total. The lowest BCUT2D eigenvalue weighted by Gasteiger charge is -2.32. The molecule has 0 bridgehead atoms. The number of amides is 1. The maximum Gasteiger partial charge on any atom is 0.224 e. The Labute approximate surface area is 155 Å². The fourth-order valence-electron chi connectivity index (χ4n) is 3.44. The van der Waals surface area contributed by atoms with Crippen LogP contribution in [0.3, 0.4) is 0 Å². The van der Waals surface area contributed by atoms with Gasteiger partial charge in [0, 0.05) is 18.1 Å². The molecule has 0 radical (unpaired) electrons. The van der Waals surface area contributed by atoms with Crippen molar-refractivity contribution in [1.82, 2.24) is 10.2 Å². The van der Waals surface area contributed by atoms with Crippen molar-refractivity contribution < 1.29 is 4.79 Å². The van der Waals surface area contributed by atoms with E-state index in [9.17, 15) is 4.79 Å².